The number of carbonyl (C=O) groups is 3. The molecule has 2 aliphatic rings. The Bertz CT molecular complexity index is 424. The lowest BCUT2D eigenvalue weighted by molar-refractivity contribution is -0.143. The number of piperazine rings is 1. The lowest BCUT2D eigenvalue weighted by Crippen LogP contribution is -2.57. The SMILES string of the molecule is CC(=O)NC(C(=O)N1CCN(C(=O)C2CC2)CC1)C(C)C. The molecule has 1 aliphatic carbocycles. The average Bonchev–Trinajstić information content (AvgIpc) is 3.27. The molecule has 3 amide bonds. The fraction of sp³-hybridized carbons (Fsp3) is 0.800. The number of nitrogens with one attached hydrogen (secondary N) is 1. The third kappa shape index (κ3) is 3.95. The first-order chi connectivity index (χ1) is 9.90. The molecule has 21 heavy (non-hydrogen) atoms. The monoisotopic (exact) mass is 295 g/mol. The van der Waals surface area contributed by atoms with Crippen LogP contribution in [0.2, 0.25) is 0 Å². The summed E-state index contributed by atoms with van der Waals surface area (Å²) in [6, 6.07) is -0.479. The Morgan fingerprint density at radius 2 is 1.52 bits per heavy atom. The van der Waals surface area contributed by atoms with Crippen LogP contribution in [0.25, 0.3) is 0 Å². The summed E-state index contributed by atoms with van der Waals surface area (Å²) in [7, 11) is 0. The fourth-order valence-electron chi connectivity index (χ4n) is 2.66. The maximum Gasteiger partial charge on any atom is 0.245 e. The van der Waals surface area contributed by atoms with Crippen molar-refractivity contribution in [3.63, 3.8) is 0 Å². The number of hydrogen-bond acceptors (Lipinski definition) is 3. The van der Waals surface area contributed by atoms with Crippen molar-refractivity contribution in [1.82, 2.24) is 15.1 Å². The lowest BCUT2D eigenvalue weighted by atomic mass is 10.0. The third-order valence-corrected chi connectivity index (χ3v) is 4.12. The number of hydrogen-bond donors (Lipinski definition) is 1. The highest BCUT2D eigenvalue weighted by Crippen LogP contribution is 2.31. The van der Waals surface area contributed by atoms with Crippen LogP contribution in [0.4, 0.5) is 0 Å². The topological polar surface area (TPSA) is 69.7 Å². The van der Waals surface area contributed by atoms with Gasteiger partial charge in [-0.1, -0.05) is 13.8 Å². The van der Waals surface area contributed by atoms with Gasteiger partial charge in [0.25, 0.3) is 0 Å². The lowest BCUT2D eigenvalue weighted by Gasteiger charge is -2.37. The molecule has 0 bridgehead atoms. The Morgan fingerprint density at radius 3 is 1.95 bits per heavy atom. The van der Waals surface area contributed by atoms with Gasteiger partial charge >= 0.3 is 0 Å². The van der Waals surface area contributed by atoms with Gasteiger partial charge < -0.3 is 15.1 Å². The van der Waals surface area contributed by atoms with Crippen molar-refractivity contribution in [3.05, 3.63) is 0 Å². The van der Waals surface area contributed by atoms with E-state index in [4.69, 9.17) is 0 Å². The zero-order valence-electron chi connectivity index (χ0n) is 13.1. The van der Waals surface area contributed by atoms with E-state index in [0.717, 1.165) is 12.8 Å². The summed E-state index contributed by atoms with van der Waals surface area (Å²) >= 11 is 0. The van der Waals surface area contributed by atoms with Gasteiger partial charge in [0, 0.05) is 39.0 Å². The smallest absolute Gasteiger partial charge is 0.245 e. The van der Waals surface area contributed by atoms with Gasteiger partial charge in [0.15, 0.2) is 0 Å². The summed E-state index contributed by atoms with van der Waals surface area (Å²) in [5.74, 6) is 0.287. The summed E-state index contributed by atoms with van der Waals surface area (Å²) in [5.41, 5.74) is 0. The molecule has 1 heterocycles. The predicted molar refractivity (Wildman–Crippen MR) is 78.3 cm³/mol. The van der Waals surface area contributed by atoms with Gasteiger partial charge in [0.2, 0.25) is 17.7 Å². The molecule has 118 valence electrons. The van der Waals surface area contributed by atoms with E-state index in [9.17, 15) is 14.4 Å². The second-order valence-corrected chi connectivity index (χ2v) is 6.35. The highest BCUT2D eigenvalue weighted by molar-refractivity contribution is 5.87. The normalized spacial score (nSPS) is 20.4. The van der Waals surface area contributed by atoms with Crippen LogP contribution in [-0.4, -0.2) is 59.7 Å². The maximum atomic E-state index is 12.5. The molecule has 0 aromatic carbocycles. The van der Waals surface area contributed by atoms with Gasteiger partial charge in [-0.3, -0.25) is 14.4 Å². The van der Waals surface area contributed by atoms with Gasteiger partial charge in [-0.05, 0) is 18.8 Å². The quantitative estimate of drug-likeness (QED) is 0.807. The number of rotatable bonds is 4. The van der Waals surface area contributed by atoms with Crippen LogP contribution in [0, 0.1) is 11.8 Å². The number of nitrogens with zero attached hydrogens (tertiary/aromatic N) is 2. The molecule has 0 radical (unpaired) electrons. The fourth-order valence-corrected chi connectivity index (χ4v) is 2.66. The molecule has 2 rings (SSSR count). The van der Waals surface area contributed by atoms with Crippen molar-refractivity contribution in [3.8, 4) is 0 Å². The van der Waals surface area contributed by atoms with E-state index in [1.807, 2.05) is 18.7 Å². The van der Waals surface area contributed by atoms with E-state index in [2.05, 4.69) is 5.32 Å². The minimum atomic E-state index is -0.479. The molecule has 6 heteroatoms. The minimum absolute atomic E-state index is 0.0429. The minimum Gasteiger partial charge on any atom is -0.344 e. The molecule has 1 atom stereocenters. The Balaban J connectivity index is 1.88. The highest BCUT2D eigenvalue weighted by Gasteiger charge is 2.36. The zero-order valence-corrected chi connectivity index (χ0v) is 13.1. The molecule has 1 aliphatic heterocycles. The summed E-state index contributed by atoms with van der Waals surface area (Å²) < 4.78 is 0. The molecule has 1 saturated heterocycles. The van der Waals surface area contributed by atoms with Crippen LogP contribution >= 0.6 is 0 Å². The molecule has 2 fully saturated rings. The largest absolute Gasteiger partial charge is 0.344 e. The van der Waals surface area contributed by atoms with Crippen LogP contribution in [0.1, 0.15) is 33.6 Å². The van der Waals surface area contributed by atoms with Crippen LogP contribution < -0.4 is 5.32 Å². The van der Waals surface area contributed by atoms with Crippen LogP contribution in [0.15, 0.2) is 0 Å². The summed E-state index contributed by atoms with van der Waals surface area (Å²) in [6.07, 6.45) is 2.02. The zero-order chi connectivity index (χ0) is 15.6. The van der Waals surface area contributed by atoms with Crippen molar-refractivity contribution < 1.29 is 14.4 Å². The van der Waals surface area contributed by atoms with Crippen LogP contribution in [0.5, 0.6) is 0 Å². The van der Waals surface area contributed by atoms with Gasteiger partial charge in [-0.25, -0.2) is 0 Å². The third-order valence-electron chi connectivity index (χ3n) is 4.12. The molecule has 1 N–H and O–H groups in total. The van der Waals surface area contributed by atoms with E-state index >= 15 is 0 Å². The standard InChI is InChI=1S/C15H25N3O3/c1-10(2)13(16-11(3)19)15(21)18-8-6-17(7-9-18)14(20)12-4-5-12/h10,12-13H,4-9H2,1-3H3,(H,16,19). The van der Waals surface area contributed by atoms with E-state index in [1.54, 1.807) is 4.90 Å². The number of carbonyl (C=O) groups excluding carboxylic acids is 3. The van der Waals surface area contributed by atoms with Crippen LogP contribution in [-0.2, 0) is 14.4 Å². The summed E-state index contributed by atoms with van der Waals surface area (Å²) in [5, 5.41) is 2.73. The summed E-state index contributed by atoms with van der Waals surface area (Å²) in [6.45, 7) is 7.59. The number of amides is 3. The van der Waals surface area contributed by atoms with Gasteiger partial charge in [-0.2, -0.15) is 0 Å². The first-order valence-electron chi connectivity index (χ1n) is 7.75. The Labute approximate surface area is 125 Å². The molecule has 0 spiro atoms. The van der Waals surface area contributed by atoms with Gasteiger partial charge in [0.1, 0.15) is 6.04 Å². The van der Waals surface area contributed by atoms with Crippen LogP contribution in [0.3, 0.4) is 0 Å². The van der Waals surface area contributed by atoms with E-state index in [1.165, 1.54) is 6.92 Å². The second-order valence-electron chi connectivity index (χ2n) is 6.35. The molecule has 0 aromatic rings. The first kappa shape index (κ1) is 15.8. The van der Waals surface area contributed by atoms with Gasteiger partial charge in [-0.15, -0.1) is 0 Å². The van der Waals surface area contributed by atoms with E-state index < -0.39 is 6.04 Å². The van der Waals surface area contributed by atoms with Crippen molar-refractivity contribution in [2.45, 2.75) is 39.7 Å². The molecule has 0 aromatic heterocycles. The van der Waals surface area contributed by atoms with Crippen molar-refractivity contribution in [2.75, 3.05) is 26.2 Å². The molecule has 1 saturated carbocycles. The Hall–Kier alpha value is -1.59. The predicted octanol–water partition coefficient (Wildman–Crippen LogP) is 0.228. The van der Waals surface area contributed by atoms with Crippen molar-refractivity contribution >= 4 is 17.7 Å². The second kappa shape index (κ2) is 6.45. The highest BCUT2D eigenvalue weighted by atomic mass is 16.2. The maximum absolute atomic E-state index is 12.5. The van der Waals surface area contributed by atoms with E-state index in [-0.39, 0.29) is 29.6 Å². The Morgan fingerprint density at radius 1 is 1.00 bits per heavy atom. The van der Waals surface area contributed by atoms with Gasteiger partial charge in [0.05, 0.1) is 0 Å². The average molecular weight is 295 g/mol. The molecular weight excluding hydrogens is 270 g/mol. The molecule has 6 nitrogen and oxygen atoms in total. The first-order valence-corrected chi connectivity index (χ1v) is 7.75. The summed E-state index contributed by atoms with van der Waals surface area (Å²) in [4.78, 5) is 39.4. The molecule has 1 unspecified atom stereocenters. The van der Waals surface area contributed by atoms with Crippen molar-refractivity contribution in [2.24, 2.45) is 11.8 Å². The van der Waals surface area contributed by atoms with Crippen molar-refractivity contribution in [1.29, 1.82) is 0 Å². The molecular formula is C15H25N3O3. The Kier molecular flexibility index (Phi) is 4.85. The van der Waals surface area contributed by atoms with E-state index in [0.29, 0.717) is 26.2 Å².